The zero-order valence-corrected chi connectivity index (χ0v) is 21.3. The Bertz CT molecular complexity index is 1180. The van der Waals surface area contributed by atoms with Crippen LogP contribution in [0, 0.1) is 13.8 Å². The number of carbonyl (C=O) groups is 1. The van der Waals surface area contributed by atoms with Crippen molar-refractivity contribution in [3.63, 3.8) is 0 Å². The van der Waals surface area contributed by atoms with Crippen LogP contribution in [0.2, 0.25) is 0 Å². The Morgan fingerprint density at radius 3 is 2.43 bits per heavy atom. The summed E-state index contributed by atoms with van der Waals surface area (Å²) >= 11 is 0. The summed E-state index contributed by atoms with van der Waals surface area (Å²) in [6.45, 7) is 7.67. The summed E-state index contributed by atoms with van der Waals surface area (Å²) in [5.74, 6) is 3.59. The van der Waals surface area contributed by atoms with Crippen LogP contribution in [0.4, 0.5) is 0 Å². The van der Waals surface area contributed by atoms with Crippen LogP contribution in [0.1, 0.15) is 57.7 Å². The molecule has 0 spiro atoms. The molecular weight excluding hydrogens is 444 g/mol. The van der Waals surface area contributed by atoms with Crippen molar-refractivity contribution in [1.82, 2.24) is 9.88 Å². The molecule has 1 amide bonds. The zero-order valence-electron chi connectivity index (χ0n) is 21.3. The number of rotatable bonds is 9. The molecule has 0 radical (unpaired) electrons. The van der Waals surface area contributed by atoms with Crippen molar-refractivity contribution in [3.05, 3.63) is 69.9 Å². The van der Waals surface area contributed by atoms with Crippen molar-refractivity contribution in [2.24, 2.45) is 0 Å². The summed E-state index contributed by atoms with van der Waals surface area (Å²) in [4.78, 5) is 19.8. The second-order valence-corrected chi connectivity index (χ2v) is 8.84. The predicted octanol–water partition coefficient (Wildman–Crippen LogP) is 5.08. The van der Waals surface area contributed by atoms with Crippen LogP contribution in [0.5, 0.6) is 17.2 Å². The minimum Gasteiger partial charge on any atom is -0.497 e. The number of fused-ring (bicyclic) bond motifs is 1. The highest BCUT2D eigenvalue weighted by Crippen LogP contribution is 2.33. The van der Waals surface area contributed by atoms with Crippen molar-refractivity contribution in [2.75, 3.05) is 27.4 Å². The Hall–Kier alpha value is -3.48. The van der Waals surface area contributed by atoms with Gasteiger partial charge in [-0.3, -0.25) is 4.79 Å². The standard InChI is InChI=1S/C28H34N2O5/c1-6-7-20-8-9-27(34-13-11-26-18(2)35-19(3)29-26)24-10-12-30(17-25(20)24)28(31)21-14-22(32-4)16-23(15-21)33-5/h8-9,14-16H,6-7,10-13,17H2,1-5H3. The maximum absolute atomic E-state index is 13.4. The third-order valence-electron chi connectivity index (χ3n) is 6.47. The summed E-state index contributed by atoms with van der Waals surface area (Å²) in [7, 11) is 3.17. The summed E-state index contributed by atoms with van der Waals surface area (Å²) in [6.07, 6.45) is 3.45. The molecule has 7 heteroatoms. The van der Waals surface area contributed by atoms with Gasteiger partial charge in [-0.25, -0.2) is 4.98 Å². The Morgan fingerprint density at radius 2 is 1.80 bits per heavy atom. The highest BCUT2D eigenvalue weighted by Gasteiger charge is 2.26. The van der Waals surface area contributed by atoms with Gasteiger partial charge in [-0.15, -0.1) is 0 Å². The van der Waals surface area contributed by atoms with Crippen LogP contribution in [0.25, 0.3) is 0 Å². The molecule has 0 N–H and O–H groups in total. The average molecular weight is 479 g/mol. The van der Waals surface area contributed by atoms with Crippen molar-refractivity contribution >= 4 is 5.91 Å². The molecule has 1 aromatic heterocycles. The van der Waals surface area contributed by atoms with Crippen molar-refractivity contribution in [1.29, 1.82) is 0 Å². The summed E-state index contributed by atoms with van der Waals surface area (Å²) in [6, 6.07) is 9.52. The molecule has 1 aliphatic heterocycles. The smallest absolute Gasteiger partial charge is 0.254 e. The van der Waals surface area contributed by atoms with Crippen molar-refractivity contribution < 1.29 is 23.4 Å². The fourth-order valence-corrected chi connectivity index (χ4v) is 4.70. The van der Waals surface area contributed by atoms with Crippen LogP contribution >= 0.6 is 0 Å². The van der Waals surface area contributed by atoms with Crippen LogP contribution in [0.15, 0.2) is 34.7 Å². The predicted molar refractivity (Wildman–Crippen MR) is 134 cm³/mol. The number of aryl methyl sites for hydroxylation is 3. The van der Waals surface area contributed by atoms with Gasteiger partial charge in [-0.05, 0) is 49.1 Å². The molecule has 2 aromatic carbocycles. The SMILES string of the molecule is CCCc1ccc(OCCc2nc(C)oc2C)c2c1CN(C(=O)c1cc(OC)cc(OC)c1)CC2. The normalized spacial score (nSPS) is 12.9. The number of benzene rings is 2. The van der Waals surface area contributed by atoms with Gasteiger partial charge in [0.2, 0.25) is 0 Å². The number of amides is 1. The first-order chi connectivity index (χ1) is 16.9. The Kier molecular flexibility index (Phi) is 7.63. The quantitative estimate of drug-likeness (QED) is 0.427. The highest BCUT2D eigenvalue weighted by atomic mass is 16.5. The maximum Gasteiger partial charge on any atom is 0.254 e. The van der Waals surface area contributed by atoms with E-state index in [4.69, 9.17) is 18.6 Å². The maximum atomic E-state index is 13.4. The number of oxazole rings is 1. The number of hydrogen-bond donors (Lipinski definition) is 0. The fourth-order valence-electron chi connectivity index (χ4n) is 4.70. The molecule has 0 saturated carbocycles. The molecular formula is C28H34N2O5. The molecule has 2 heterocycles. The highest BCUT2D eigenvalue weighted by molar-refractivity contribution is 5.95. The third-order valence-corrected chi connectivity index (χ3v) is 6.47. The second kappa shape index (κ2) is 10.8. The lowest BCUT2D eigenvalue weighted by Gasteiger charge is -2.32. The van der Waals surface area contributed by atoms with Gasteiger partial charge in [0.15, 0.2) is 5.89 Å². The van der Waals surface area contributed by atoms with Gasteiger partial charge >= 0.3 is 0 Å². The van der Waals surface area contributed by atoms with E-state index in [1.165, 1.54) is 16.7 Å². The van der Waals surface area contributed by atoms with Crippen LogP contribution in [-0.2, 0) is 25.8 Å². The first-order valence-electron chi connectivity index (χ1n) is 12.1. The summed E-state index contributed by atoms with van der Waals surface area (Å²) < 4.78 is 22.5. The number of ether oxygens (including phenoxy) is 3. The van der Waals surface area contributed by atoms with E-state index in [-0.39, 0.29) is 5.91 Å². The zero-order chi connectivity index (χ0) is 24.9. The van der Waals surface area contributed by atoms with E-state index in [0.717, 1.165) is 36.5 Å². The van der Waals surface area contributed by atoms with Gasteiger partial charge < -0.3 is 23.5 Å². The molecule has 186 valence electrons. The number of methoxy groups -OCH3 is 2. The molecule has 0 aliphatic carbocycles. The van der Waals surface area contributed by atoms with E-state index in [2.05, 4.69) is 24.0 Å². The van der Waals surface area contributed by atoms with E-state index < -0.39 is 0 Å². The molecule has 4 rings (SSSR count). The lowest BCUT2D eigenvalue weighted by atomic mass is 9.91. The second-order valence-electron chi connectivity index (χ2n) is 8.84. The fraction of sp³-hybridized carbons (Fsp3) is 0.429. The van der Waals surface area contributed by atoms with Crippen LogP contribution in [0.3, 0.4) is 0 Å². The molecule has 0 bridgehead atoms. The molecule has 0 saturated heterocycles. The van der Waals surface area contributed by atoms with E-state index in [1.54, 1.807) is 32.4 Å². The van der Waals surface area contributed by atoms with E-state index >= 15 is 0 Å². The minimum absolute atomic E-state index is 0.0292. The van der Waals surface area contributed by atoms with Gasteiger partial charge in [0.05, 0.1) is 26.5 Å². The van der Waals surface area contributed by atoms with Gasteiger partial charge in [-0.2, -0.15) is 0 Å². The number of carbonyl (C=O) groups excluding carboxylic acids is 1. The first-order valence-corrected chi connectivity index (χ1v) is 12.1. The topological polar surface area (TPSA) is 74.0 Å². The molecule has 1 aliphatic rings. The van der Waals surface area contributed by atoms with E-state index in [9.17, 15) is 4.79 Å². The number of aromatic nitrogens is 1. The lowest BCUT2D eigenvalue weighted by Crippen LogP contribution is -2.36. The Morgan fingerprint density at radius 1 is 1.06 bits per heavy atom. The van der Waals surface area contributed by atoms with Crippen LogP contribution in [-0.4, -0.2) is 43.2 Å². The molecule has 3 aromatic rings. The van der Waals surface area contributed by atoms with E-state index in [1.807, 2.05) is 18.7 Å². The largest absolute Gasteiger partial charge is 0.497 e. The lowest BCUT2D eigenvalue weighted by molar-refractivity contribution is 0.0732. The number of nitrogens with zero attached hydrogens (tertiary/aromatic N) is 2. The molecule has 7 nitrogen and oxygen atoms in total. The summed E-state index contributed by atoms with van der Waals surface area (Å²) in [5.41, 5.74) is 5.18. The molecule has 35 heavy (non-hydrogen) atoms. The van der Waals surface area contributed by atoms with Crippen molar-refractivity contribution in [3.8, 4) is 17.2 Å². The van der Waals surface area contributed by atoms with E-state index in [0.29, 0.717) is 49.1 Å². The number of hydrogen-bond acceptors (Lipinski definition) is 6. The van der Waals surface area contributed by atoms with Gasteiger partial charge in [0, 0.05) is 43.6 Å². The monoisotopic (exact) mass is 478 g/mol. The van der Waals surface area contributed by atoms with Gasteiger partial charge in [0.25, 0.3) is 5.91 Å². The summed E-state index contributed by atoms with van der Waals surface area (Å²) in [5, 5.41) is 0. The molecule has 0 fully saturated rings. The van der Waals surface area contributed by atoms with Gasteiger partial charge in [0.1, 0.15) is 23.0 Å². The molecule has 0 atom stereocenters. The Labute approximate surface area is 207 Å². The van der Waals surface area contributed by atoms with Gasteiger partial charge in [-0.1, -0.05) is 19.4 Å². The van der Waals surface area contributed by atoms with Crippen molar-refractivity contribution in [2.45, 2.75) is 53.0 Å². The average Bonchev–Trinajstić information content (AvgIpc) is 3.20. The molecule has 0 unspecified atom stereocenters. The van der Waals surface area contributed by atoms with Crippen LogP contribution < -0.4 is 14.2 Å². The minimum atomic E-state index is -0.0292. The Balaban J connectivity index is 1.54. The first kappa shape index (κ1) is 24.6. The third kappa shape index (κ3) is 5.45.